The maximum atomic E-state index is 12.9. The second-order valence-electron chi connectivity index (χ2n) is 6.37. The van der Waals surface area contributed by atoms with Crippen molar-refractivity contribution in [3.8, 4) is 5.88 Å². The topological polar surface area (TPSA) is 80.9 Å². The van der Waals surface area contributed by atoms with Crippen molar-refractivity contribution in [2.75, 3.05) is 7.11 Å². The van der Waals surface area contributed by atoms with E-state index in [9.17, 15) is 14.7 Å². The van der Waals surface area contributed by atoms with Gasteiger partial charge >= 0.3 is 5.97 Å². The molecule has 0 spiro atoms. The molecule has 24 heavy (non-hydrogen) atoms. The van der Waals surface area contributed by atoms with Crippen LogP contribution < -0.4 is 5.56 Å². The van der Waals surface area contributed by atoms with Crippen molar-refractivity contribution in [1.29, 1.82) is 0 Å². The summed E-state index contributed by atoms with van der Waals surface area (Å²) in [6.07, 6.45) is 6.92. The Hall–Kier alpha value is -2.37. The molecule has 0 radical (unpaired) electrons. The van der Waals surface area contributed by atoms with Crippen LogP contribution >= 0.6 is 0 Å². The number of nitrogens with zero attached hydrogens (tertiary/aromatic N) is 2. The Balaban J connectivity index is 2.10. The highest BCUT2D eigenvalue weighted by molar-refractivity contribution is 5.70. The predicted octanol–water partition coefficient (Wildman–Crippen LogP) is 2.63. The fourth-order valence-electron chi connectivity index (χ4n) is 3.72. The smallest absolute Gasteiger partial charge is 0.306 e. The van der Waals surface area contributed by atoms with Gasteiger partial charge in [-0.1, -0.05) is 25.3 Å². The molecule has 0 amide bonds. The molecule has 0 unspecified atom stereocenters. The second-order valence-corrected chi connectivity index (χ2v) is 6.37. The molecule has 1 saturated carbocycles. The number of ether oxygens (including phenoxy) is 1. The molecule has 1 atom stereocenters. The second kappa shape index (κ2) is 7.03. The summed E-state index contributed by atoms with van der Waals surface area (Å²) >= 11 is 0. The standard InChI is InChI=1S/C18H22N2O4/c1-24-15(21)11-13(12-7-3-2-4-8-12)16-17(22)19-14-9-5-6-10-20(14)18(16)23/h5-6,9-10,12-13,22H,2-4,7-8,11H2,1H3/t13-/m0/s1. The Morgan fingerprint density at radius 2 is 2.12 bits per heavy atom. The molecule has 0 bridgehead atoms. The summed E-state index contributed by atoms with van der Waals surface area (Å²) < 4.78 is 6.23. The van der Waals surface area contributed by atoms with Gasteiger partial charge in [-0.2, -0.15) is 4.98 Å². The molecule has 2 aromatic heterocycles. The molecule has 2 aromatic rings. The largest absolute Gasteiger partial charge is 0.493 e. The van der Waals surface area contributed by atoms with Crippen LogP contribution in [0, 0.1) is 5.92 Å². The van der Waals surface area contributed by atoms with Crippen molar-refractivity contribution < 1.29 is 14.6 Å². The zero-order valence-electron chi connectivity index (χ0n) is 13.8. The Morgan fingerprint density at radius 3 is 2.83 bits per heavy atom. The number of rotatable bonds is 4. The molecule has 6 nitrogen and oxygen atoms in total. The van der Waals surface area contributed by atoms with Crippen molar-refractivity contribution in [3.63, 3.8) is 0 Å². The number of carbonyl (C=O) groups excluding carboxylic acids is 1. The zero-order chi connectivity index (χ0) is 17.1. The van der Waals surface area contributed by atoms with Gasteiger partial charge in [-0.3, -0.25) is 14.0 Å². The number of hydrogen-bond donors (Lipinski definition) is 1. The van der Waals surface area contributed by atoms with Gasteiger partial charge in [0, 0.05) is 12.1 Å². The molecular weight excluding hydrogens is 308 g/mol. The lowest BCUT2D eigenvalue weighted by Gasteiger charge is -2.29. The molecule has 3 rings (SSSR count). The lowest BCUT2D eigenvalue weighted by Crippen LogP contribution is -2.28. The first-order valence-corrected chi connectivity index (χ1v) is 8.39. The average Bonchev–Trinajstić information content (AvgIpc) is 2.61. The minimum Gasteiger partial charge on any atom is -0.493 e. The molecule has 6 heteroatoms. The number of aromatic hydroxyl groups is 1. The van der Waals surface area contributed by atoms with Crippen molar-refractivity contribution in [2.24, 2.45) is 5.92 Å². The fraction of sp³-hybridized carbons (Fsp3) is 0.500. The van der Waals surface area contributed by atoms with E-state index < -0.39 is 0 Å². The maximum absolute atomic E-state index is 12.9. The number of pyridine rings is 1. The van der Waals surface area contributed by atoms with E-state index in [1.165, 1.54) is 17.9 Å². The summed E-state index contributed by atoms with van der Waals surface area (Å²) in [7, 11) is 1.34. The molecule has 0 aromatic carbocycles. The van der Waals surface area contributed by atoms with Crippen molar-refractivity contribution in [3.05, 3.63) is 40.3 Å². The van der Waals surface area contributed by atoms with Gasteiger partial charge in [-0.25, -0.2) is 0 Å². The van der Waals surface area contributed by atoms with E-state index in [2.05, 4.69) is 4.98 Å². The van der Waals surface area contributed by atoms with E-state index in [4.69, 9.17) is 4.74 Å². The van der Waals surface area contributed by atoms with E-state index in [0.29, 0.717) is 5.65 Å². The Bertz CT molecular complexity index is 793. The van der Waals surface area contributed by atoms with Gasteiger partial charge in [0.05, 0.1) is 19.1 Å². The highest BCUT2D eigenvalue weighted by Crippen LogP contribution is 2.39. The summed E-state index contributed by atoms with van der Waals surface area (Å²) in [6, 6.07) is 5.17. The monoisotopic (exact) mass is 330 g/mol. The molecule has 0 saturated heterocycles. The Morgan fingerprint density at radius 1 is 1.38 bits per heavy atom. The van der Waals surface area contributed by atoms with E-state index in [-0.39, 0.29) is 41.2 Å². The lowest BCUT2D eigenvalue weighted by atomic mass is 9.75. The number of fused-ring (bicyclic) bond motifs is 1. The van der Waals surface area contributed by atoms with Gasteiger partial charge < -0.3 is 9.84 Å². The molecule has 1 aliphatic carbocycles. The van der Waals surface area contributed by atoms with Crippen LogP contribution in [0.5, 0.6) is 5.88 Å². The molecular formula is C18H22N2O4. The van der Waals surface area contributed by atoms with E-state index in [1.54, 1.807) is 24.4 Å². The van der Waals surface area contributed by atoms with Gasteiger partial charge in [0.2, 0.25) is 5.88 Å². The van der Waals surface area contributed by atoms with Gasteiger partial charge in [-0.05, 0) is 30.9 Å². The van der Waals surface area contributed by atoms with Crippen LogP contribution in [0.4, 0.5) is 0 Å². The van der Waals surface area contributed by atoms with Crippen LogP contribution in [0.3, 0.4) is 0 Å². The third-order valence-electron chi connectivity index (χ3n) is 4.95. The van der Waals surface area contributed by atoms with Gasteiger partial charge in [-0.15, -0.1) is 0 Å². The quantitative estimate of drug-likeness (QED) is 0.872. The Labute approximate surface area is 140 Å². The number of hydrogen-bond acceptors (Lipinski definition) is 5. The van der Waals surface area contributed by atoms with Crippen LogP contribution in [-0.4, -0.2) is 27.6 Å². The van der Waals surface area contributed by atoms with Crippen LogP contribution in [0.15, 0.2) is 29.2 Å². The number of methoxy groups -OCH3 is 1. The molecule has 128 valence electrons. The van der Waals surface area contributed by atoms with Crippen LogP contribution in [0.2, 0.25) is 0 Å². The summed E-state index contributed by atoms with van der Waals surface area (Å²) in [5, 5.41) is 10.4. The van der Waals surface area contributed by atoms with Gasteiger partial charge in [0.1, 0.15) is 5.65 Å². The van der Waals surface area contributed by atoms with Crippen LogP contribution in [0.25, 0.3) is 5.65 Å². The van der Waals surface area contributed by atoms with E-state index >= 15 is 0 Å². The maximum Gasteiger partial charge on any atom is 0.306 e. The first kappa shape index (κ1) is 16.5. The first-order chi connectivity index (χ1) is 11.6. The van der Waals surface area contributed by atoms with Gasteiger partial charge in [0.15, 0.2) is 0 Å². The Kier molecular flexibility index (Phi) is 4.83. The van der Waals surface area contributed by atoms with Crippen molar-refractivity contribution >= 4 is 11.6 Å². The molecule has 0 aliphatic heterocycles. The lowest BCUT2D eigenvalue weighted by molar-refractivity contribution is -0.141. The minimum absolute atomic E-state index is 0.0878. The predicted molar refractivity (Wildman–Crippen MR) is 89.1 cm³/mol. The highest BCUT2D eigenvalue weighted by atomic mass is 16.5. The van der Waals surface area contributed by atoms with E-state index in [0.717, 1.165) is 25.7 Å². The minimum atomic E-state index is -0.373. The normalized spacial score (nSPS) is 16.9. The van der Waals surface area contributed by atoms with Crippen molar-refractivity contribution in [2.45, 2.75) is 44.4 Å². The number of aromatic nitrogens is 2. The van der Waals surface area contributed by atoms with Crippen LogP contribution in [0.1, 0.15) is 50.0 Å². The van der Waals surface area contributed by atoms with Gasteiger partial charge in [0.25, 0.3) is 5.56 Å². The summed E-state index contributed by atoms with van der Waals surface area (Å²) in [4.78, 5) is 29.0. The molecule has 1 N–H and O–H groups in total. The average molecular weight is 330 g/mol. The third kappa shape index (κ3) is 3.13. The first-order valence-electron chi connectivity index (χ1n) is 8.39. The van der Waals surface area contributed by atoms with E-state index in [1.807, 2.05) is 0 Å². The summed E-state index contributed by atoms with van der Waals surface area (Å²) in [5.41, 5.74) is 0.317. The molecule has 2 heterocycles. The molecule has 1 fully saturated rings. The molecule has 1 aliphatic rings. The zero-order valence-corrected chi connectivity index (χ0v) is 13.8. The highest BCUT2D eigenvalue weighted by Gasteiger charge is 2.32. The number of carbonyl (C=O) groups is 1. The van der Waals surface area contributed by atoms with Crippen LogP contribution in [-0.2, 0) is 9.53 Å². The SMILES string of the molecule is COC(=O)C[C@H](c1c(O)nc2ccccn2c1=O)C1CCCCC1. The summed E-state index contributed by atoms with van der Waals surface area (Å²) in [6.45, 7) is 0. The van der Waals surface area contributed by atoms with Crippen molar-refractivity contribution in [1.82, 2.24) is 9.38 Å². The third-order valence-corrected chi connectivity index (χ3v) is 4.95. The fourth-order valence-corrected chi connectivity index (χ4v) is 3.72. The summed E-state index contributed by atoms with van der Waals surface area (Å²) in [5.74, 6) is -0.830. The number of esters is 1.